The second-order valence-corrected chi connectivity index (χ2v) is 7.90. The summed E-state index contributed by atoms with van der Waals surface area (Å²) in [6.45, 7) is 1.98. The molecule has 154 valence electrons. The van der Waals surface area contributed by atoms with Gasteiger partial charge in [-0.15, -0.1) is 10.2 Å². The maximum absolute atomic E-state index is 12.9. The average molecular weight is 451 g/mol. The van der Waals surface area contributed by atoms with Crippen LogP contribution in [-0.2, 0) is 11.0 Å². The molecule has 0 bridgehead atoms. The van der Waals surface area contributed by atoms with Gasteiger partial charge < -0.3 is 5.32 Å². The molecule has 2 aromatic carbocycles. The van der Waals surface area contributed by atoms with Crippen LogP contribution in [0.4, 0.5) is 18.9 Å². The largest absolute Gasteiger partial charge is 0.416 e. The Morgan fingerprint density at radius 1 is 1.17 bits per heavy atom. The molecule has 0 fully saturated rings. The van der Waals surface area contributed by atoms with Crippen LogP contribution in [0.5, 0.6) is 0 Å². The molecule has 2 aromatic heterocycles. The number of benzene rings is 2. The molecule has 4 aromatic rings. The zero-order chi connectivity index (χ0) is 21.5. The molecule has 0 saturated carbocycles. The lowest BCUT2D eigenvalue weighted by molar-refractivity contribution is -0.137. The van der Waals surface area contributed by atoms with Crippen molar-refractivity contribution in [3.63, 3.8) is 0 Å². The normalized spacial score (nSPS) is 11.9. The number of aryl methyl sites for hydroxylation is 1. The monoisotopic (exact) mass is 450 g/mol. The first-order chi connectivity index (χ1) is 14.2. The molecular formula is C20H14ClF3N4OS. The highest BCUT2D eigenvalue weighted by Crippen LogP contribution is 2.34. The highest BCUT2D eigenvalue weighted by molar-refractivity contribution is 7.99. The number of para-hydroxylation sites is 1. The fourth-order valence-electron chi connectivity index (χ4n) is 3.08. The molecule has 10 heteroatoms. The molecule has 0 unspecified atom stereocenters. The number of hydrogen-bond acceptors (Lipinski definition) is 4. The molecule has 0 spiro atoms. The maximum atomic E-state index is 12.9. The molecule has 5 nitrogen and oxygen atoms in total. The Morgan fingerprint density at radius 2 is 1.93 bits per heavy atom. The predicted octanol–water partition coefficient (Wildman–Crippen LogP) is 5.59. The number of nitrogens with zero attached hydrogens (tertiary/aromatic N) is 3. The summed E-state index contributed by atoms with van der Waals surface area (Å²) in [6, 6.07) is 12.4. The van der Waals surface area contributed by atoms with E-state index in [1.165, 1.54) is 0 Å². The molecule has 1 amide bonds. The number of carbonyl (C=O) groups excluding carboxylic acids is 1. The predicted molar refractivity (Wildman–Crippen MR) is 111 cm³/mol. The van der Waals surface area contributed by atoms with Gasteiger partial charge in [0.2, 0.25) is 5.91 Å². The number of carbonyl (C=O) groups is 1. The molecule has 0 radical (unpaired) electrons. The summed E-state index contributed by atoms with van der Waals surface area (Å²) in [6.07, 6.45) is -4.53. The van der Waals surface area contributed by atoms with Gasteiger partial charge in [0, 0.05) is 5.39 Å². The third-order valence-electron chi connectivity index (χ3n) is 4.47. The Hall–Kier alpha value is -2.78. The number of hydrogen-bond donors (Lipinski definition) is 1. The van der Waals surface area contributed by atoms with Crippen LogP contribution in [0, 0.1) is 6.92 Å². The summed E-state index contributed by atoms with van der Waals surface area (Å²) in [5.41, 5.74) is 1.62. The number of halogens is 4. The van der Waals surface area contributed by atoms with Gasteiger partial charge in [-0.1, -0.05) is 41.6 Å². The highest BCUT2D eigenvalue weighted by Gasteiger charge is 2.31. The van der Waals surface area contributed by atoms with Gasteiger partial charge in [0.05, 0.1) is 27.5 Å². The van der Waals surface area contributed by atoms with E-state index in [1.807, 2.05) is 41.7 Å². The first-order valence-electron chi connectivity index (χ1n) is 8.77. The number of rotatable bonds is 4. The van der Waals surface area contributed by atoms with E-state index < -0.39 is 17.6 Å². The molecule has 4 rings (SSSR count). The van der Waals surface area contributed by atoms with Crippen molar-refractivity contribution in [3.8, 4) is 0 Å². The van der Waals surface area contributed by atoms with Gasteiger partial charge >= 0.3 is 6.18 Å². The van der Waals surface area contributed by atoms with Crippen LogP contribution >= 0.6 is 23.4 Å². The molecular weight excluding hydrogens is 437 g/mol. The van der Waals surface area contributed by atoms with Gasteiger partial charge in [0.25, 0.3) is 0 Å². The van der Waals surface area contributed by atoms with Gasteiger partial charge in [-0.25, -0.2) is 0 Å². The Morgan fingerprint density at radius 3 is 2.70 bits per heavy atom. The molecule has 0 aliphatic rings. The number of aromatic nitrogens is 3. The van der Waals surface area contributed by atoms with Crippen LogP contribution in [0.2, 0.25) is 5.02 Å². The summed E-state index contributed by atoms with van der Waals surface area (Å²) in [5, 5.41) is 12.3. The minimum absolute atomic E-state index is 0.0238. The van der Waals surface area contributed by atoms with Crippen molar-refractivity contribution in [2.45, 2.75) is 18.3 Å². The minimum Gasteiger partial charge on any atom is -0.324 e. The topological polar surface area (TPSA) is 59.3 Å². The van der Waals surface area contributed by atoms with Gasteiger partial charge in [-0.05, 0) is 42.8 Å². The summed E-state index contributed by atoms with van der Waals surface area (Å²) in [7, 11) is 0. The quantitative estimate of drug-likeness (QED) is 0.411. The SMILES string of the molecule is Cc1cc2nnc(SCC(=O)Nc3cc(C(F)(F)F)ccc3Cl)n2c2ccccc12. The van der Waals surface area contributed by atoms with Crippen molar-refractivity contribution in [2.24, 2.45) is 0 Å². The molecule has 0 aliphatic carbocycles. The Kier molecular flexibility index (Phi) is 5.33. The number of fused-ring (bicyclic) bond motifs is 3. The van der Waals surface area contributed by atoms with Gasteiger partial charge in [-0.2, -0.15) is 13.2 Å². The van der Waals surface area contributed by atoms with Crippen molar-refractivity contribution in [3.05, 3.63) is 64.7 Å². The van der Waals surface area contributed by atoms with Crippen molar-refractivity contribution in [1.82, 2.24) is 14.6 Å². The minimum atomic E-state index is -4.53. The zero-order valence-electron chi connectivity index (χ0n) is 15.5. The molecule has 1 N–H and O–H groups in total. The highest BCUT2D eigenvalue weighted by atomic mass is 35.5. The van der Waals surface area contributed by atoms with Crippen molar-refractivity contribution in [1.29, 1.82) is 0 Å². The molecule has 0 atom stereocenters. The number of amides is 1. The number of alkyl halides is 3. The number of pyridine rings is 1. The van der Waals surface area contributed by atoms with E-state index in [0.29, 0.717) is 10.8 Å². The smallest absolute Gasteiger partial charge is 0.324 e. The lowest BCUT2D eigenvalue weighted by Gasteiger charge is -2.11. The summed E-state index contributed by atoms with van der Waals surface area (Å²) in [4.78, 5) is 12.3. The van der Waals surface area contributed by atoms with Crippen LogP contribution in [0.1, 0.15) is 11.1 Å². The zero-order valence-corrected chi connectivity index (χ0v) is 17.1. The third-order valence-corrected chi connectivity index (χ3v) is 5.73. The Labute approximate surface area is 178 Å². The standard InChI is InChI=1S/C20H14ClF3N4OS/c1-11-8-17-26-27-19(28(17)16-5-3-2-4-13(11)16)30-10-18(29)25-15-9-12(20(22,23)24)6-7-14(15)21/h2-9H,10H2,1H3,(H,25,29). The maximum Gasteiger partial charge on any atom is 0.416 e. The van der Waals surface area contributed by atoms with E-state index >= 15 is 0 Å². The van der Waals surface area contributed by atoms with Gasteiger partial charge in [0.15, 0.2) is 10.8 Å². The fraction of sp³-hybridized carbons (Fsp3) is 0.150. The van der Waals surface area contributed by atoms with Gasteiger partial charge in [-0.3, -0.25) is 9.20 Å². The number of thioether (sulfide) groups is 1. The molecule has 2 heterocycles. The second kappa shape index (κ2) is 7.81. The van der Waals surface area contributed by atoms with Crippen LogP contribution < -0.4 is 5.32 Å². The number of anilines is 1. The molecule has 30 heavy (non-hydrogen) atoms. The van der Waals surface area contributed by atoms with Crippen LogP contribution in [-0.4, -0.2) is 26.3 Å². The van der Waals surface area contributed by atoms with Crippen LogP contribution in [0.25, 0.3) is 16.6 Å². The van der Waals surface area contributed by atoms with Crippen LogP contribution in [0.15, 0.2) is 53.7 Å². The Bertz CT molecular complexity index is 1270. The number of nitrogens with one attached hydrogen (secondary N) is 1. The average Bonchev–Trinajstić information content (AvgIpc) is 3.10. The molecule has 0 saturated heterocycles. The van der Waals surface area contributed by atoms with E-state index in [0.717, 1.165) is 46.4 Å². The summed E-state index contributed by atoms with van der Waals surface area (Å²) < 4.78 is 40.5. The van der Waals surface area contributed by atoms with Crippen LogP contribution in [0.3, 0.4) is 0 Å². The second-order valence-electron chi connectivity index (χ2n) is 6.55. The van der Waals surface area contributed by atoms with E-state index in [4.69, 9.17) is 11.6 Å². The first kappa shape index (κ1) is 20.5. The van der Waals surface area contributed by atoms with Crippen molar-refractivity contribution >= 4 is 51.5 Å². The van der Waals surface area contributed by atoms with E-state index in [-0.39, 0.29) is 16.5 Å². The first-order valence-corrected chi connectivity index (χ1v) is 10.1. The lowest BCUT2D eigenvalue weighted by Crippen LogP contribution is -2.15. The summed E-state index contributed by atoms with van der Waals surface area (Å²) >= 11 is 7.07. The van der Waals surface area contributed by atoms with E-state index in [9.17, 15) is 18.0 Å². The fourth-order valence-corrected chi connectivity index (χ4v) is 4.00. The van der Waals surface area contributed by atoms with Crippen molar-refractivity contribution < 1.29 is 18.0 Å². The van der Waals surface area contributed by atoms with E-state index in [2.05, 4.69) is 15.5 Å². The van der Waals surface area contributed by atoms with Gasteiger partial charge in [0.1, 0.15) is 0 Å². The third kappa shape index (κ3) is 3.95. The van der Waals surface area contributed by atoms with Crippen molar-refractivity contribution in [2.75, 3.05) is 11.1 Å². The van der Waals surface area contributed by atoms with E-state index in [1.54, 1.807) is 0 Å². The summed E-state index contributed by atoms with van der Waals surface area (Å²) in [5.74, 6) is -0.579. The lowest BCUT2D eigenvalue weighted by atomic mass is 10.1. The molecule has 0 aliphatic heterocycles. The Balaban J connectivity index is 1.55.